The highest BCUT2D eigenvalue weighted by Gasteiger charge is 2.13. The average Bonchev–Trinajstić information content (AvgIpc) is 2.25. The lowest BCUT2D eigenvalue weighted by Crippen LogP contribution is -2.11. The molecule has 1 aromatic carbocycles. The standard InChI is InChI=1S/C15H20O/c1-5-6-7-14(16)12-8-10-13(11-9-12)15(2,3)4/h6-11H,5H2,1-4H3/b7-6+. The number of hydrogen-bond acceptors (Lipinski definition) is 1. The Morgan fingerprint density at radius 2 is 1.75 bits per heavy atom. The van der Waals surface area contributed by atoms with Crippen LogP contribution in [0.3, 0.4) is 0 Å². The normalized spacial score (nSPS) is 12.0. The fourth-order valence-corrected chi connectivity index (χ4v) is 1.46. The van der Waals surface area contributed by atoms with Gasteiger partial charge in [0.05, 0.1) is 0 Å². The van der Waals surface area contributed by atoms with E-state index < -0.39 is 0 Å². The highest BCUT2D eigenvalue weighted by molar-refractivity contribution is 6.04. The van der Waals surface area contributed by atoms with E-state index in [4.69, 9.17) is 0 Å². The summed E-state index contributed by atoms with van der Waals surface area (Å²) in [5.41, 5.74) is 2.15. The van der Waals surface area contributed by atoms with Gasteiger partial charge in [-0.15, -0.1) is 0 Å². The Balaban J connectivity index is 2.87. The molecule has 1 heteroatoms. The van der Waals surface area contributed by atoms with E-state index >= 15 is 0 Å². The zero-order chi connectivity index (χ0) is 12.2. The molecule has 0 unspecified atom stereocenters. The van der Waals surface area contributed by atoms with Crippen molar-refractivity contribution >= 4 is 5.78 Å². The molecule has 0 fully saturated rings. The second-order valence-electron chi connectivity index (χ2n) is 5.00. The van der Waals surface area contributed by atoms with Crippen LogP contribution >= 0.6 is 0 Å². The molecule has 0 amide bonds. The SMILES string of the molecule is CC/C=C/C(=O)c1ccc(C(C)(C)C)cc1. The van der Waals surface area contributed by atoms with Crippen molar-refractivity contribution < 1.29 is 4.79 Å². The predicted molar refractivity (Wildman–Crippen MR) is 68.9 cm³/mol. The first-order chi connectivity index (χ1) is 7.45. The van der Waals surface area contributed by atoms with Gasteiger partial charge in [-0.05, 0) is 23.5 Å². The van der Waals surface area contributed by atoms with Crippen molar-refractivity contribution in [3.8, 4) is 0 Å². The lowest BCUT2D eigenvalue weighted by molar-refractivity contribution is 0.104. The van der Waals surface area contributed by atoms with Crippen LogP contribution in [-0.2, 0) is 5.41 Å². The Kier molecular flexibility index (Phi) is 4.05. The molecule has 0 aliphatic heterocycles. The van der Waals surface area contributed by atoms with Crippen molar-refractivity contribution in [2.45, 2.75) is 39.5 Å². The maximum Gasteiger partial charge on any atom is 0.185 e. The smallest absolute Gasteiger partial charge is 0.185 e. The molecule has 0 aromatic heterocycles. The molecule has 0 heterocycles. The van der Waals surface area contributed by atoms with Gasteiger partial charge in [0, 0.05) is 5.56 Å². The summed E-state index contributed by atoms with van der Waals surface area (Å²) in [4.78, 5) is 11.7. The molecule has 1 rings (SSSR count). The number of carbonyl (C=O) groups excluding carboxylic acids is 1. The molecule has 16 heavy (non-hydrogen) atoms. The minimum absolute atomic E-state index is 0.0855. The van der Waals surface area contributed by atoms with Crippen molar-refractivity contribution in [3.63, 3.8) is 0 Å². The van der Waals surface area contributed by atoms with E-state index in [2.05, 4.69) is 20.8 Å². The third-order valence-corrected chi connectivity index (χ3v) is 2.54. The summed E-state index contributed by atoms with van der Waals surface area (Å²) in [6.45, 7) is 8.52. The van der Waals surface area contributed by atoms with Gasteiger partial charge in [0.1, 0.15) is 0 Å². The van der Waals surface area contributed by atoms with Crippen molar-refractivity contribution in [2.75, 3.05) is 0 Å². The summed E-state index contributed by atoms with van der Waals surface area (Å²) in [7, 11) is 0. The Labute approximate surface area is 98.2 Å². The van der Waals surface area contributed by atoms with Crippen LogP contribution in [0, 0.1) is 0 Å². The molecule has 0 saturated carbocycles. The summed E-state index contributed by atoms with van der Waals surface area (Å²) in [5, 5.41) is 0. The van der Waals surface area contributed by atoms with Gasteiger partial charge in [0.15, 0.2) is 5.78 Å². The van der Waals surface area contributed by atoms with E-state index in [0.29, 0.717) is 0 Å². The highest BCUT2D eigenvalue weighted by Crippen LogP contribution is 2.22. The van der Waals surface area contributed by atoms with Crippen LogP contribution < -0.4 is 0 Å². The first kappa shape index (κ1) is 12.7. The number of ketones is 1. The summed E-state index contributed by atoms with van der Waals surface area (Å²) in [5.74, 6) is 0.0855. The first-order valence-corrected chi connectivity index (χ1v) is 5.76. The number of benzene rings is 1. The van der Waals surface area contributed by atoms with Crippen molar-refractivity contribution in [3.05, 3.63) is 47.5 Å². The molecule has 0 N–H and O–H groups in total. The van der Waals surface area contributed by atoms with E-state index in [-0.39, 0.29) is 11.2 Å². The zero-order valence-electron chi connectivity index (χ0n) is 10.6. The van der Waals surface area contributed by atoms with Crippen LogP contribution in [0.1, 0.15) is 50.0 Å². The van der Waals surface area contributed by atoms with E-state index in [1.807, 2.05) is 37.3 Å². The molecule has 86 valence electrons. The monoisotopic (exact) mass is 216 g/mol. The van der Waals surface area contributed by atoms with Crippen LogP contribution in [0.4, 0.5) is 0 Å². The lowest BCUT2D eigenvalue weighted by Gasteiger charge is -2.18. The second-order valence-corrected chi connectivity index (χ2v) is 5.00. The van der Waals surface area contributed by atoms with Crippen LogP contribution in [0.25, 0.3) is 0 Å². The van der Waals surface area contributed by atoms with E-state index in [1.165, 1.54) is 5.56 Å². The van der Waals surface area contributed by atoms with Gasteiger partial charge in [-0.25, -0.2) is 0 Å². The molecule has 0 radical (unpaired) electrons. The fraction of sp³-hybridized carbons (Fsp3) is 0.400. The van der Waals surface area contributed by atoms with Crippen LogP contribution in [0.15, 0.2) is 36.4 Å². The van der Waals surface area contributed by atoms with Crippen LogP contribution in [0.5, 0.6) is 0 Å². The minimum Gasteiger partial charge on any atom is -0.289 e. The van der Waals surface area contributed by atoms with Gasteiger partial charge < -0.3 is 0 Å². The Morgan fingerprint density at radius 3 is 2.19 bits per heavy atom. The Morgan fingerprint density at radius 1 is 1.19 bits per heavy atom. The second kappa shape index (κ2) is 5.11. The van der Waals surface area contributed by atoms with Crippen molar-refractivity contribution in [1.29, 1.82) is 0 Å². The zero-order valence-corrected chi connectivity index (χ0v) is 10.6. The summed E-state index contributed by atoms with van der Waals surface area (Å²) in [6, 6.07) is 7.88. The molecule has 0 aliphatic rings. The largest absolute Gasteiger partial charge is 0.289 e. The van der Waals surface area contributed by atoms with Gasteiger partial charge in [-0.1, -0.05) is 58.0 Å². The quantitative estimate of drug-likeness (QED) is 0.548. The minimum atomic E-state index is 0.0855. The van der Waals surface area contributed by atoms with Crippen molar-refractivity contribution in [1.82, 2.24) is 0 Å². The predicted octanol–water partition coefficient (Wildman–Crippen LogP) is 4.13. The maximum absolute atomic E-state index is 11.7. The van der Waals surface area contributed by atoms with E-state index in [0.717, 1.165) is 12.0 Å². The number of hydrogen-bond donors (Lipinski definition) is 0. The average molecular weight is 216 g/mol. The van der Waals surface area contributed by atoms with Crippen LogP contribution in [0.2, 0.25) is 0 Å². The first-order valence-electron chi connectivity index (χ1n) is 5.76. The summed E-state index contributed by atoms with van der Waals surface area (Å²) in [6.07, 6.45) is 4.43. The number of carbonyl (C=O) groups is 1. The fourth-order valence-electron chi connectivity index (χ4n) is 1.46. The maximum atomic E-state index is 11.7. The molecular formula is C15H20O. The molecular weight excluding hydrogens is 196 g/mol. The summed E-state index contributed by atoms with van der Waals surface area (Å²) < 4.78 is 0. The summed E-state index contributed by atoms with van der Waals surface area (Å²) >= 11 is 0. The molecule has 0 aliphatic carbocycles. The van der Waals surface area contributed by atoms with Gasteiger partial charge >= 0.3 is 0 Å². The van der Waals surface area contributed by atoms with Gasteiger partial charge in [0.2, 0.25) is 0 Å². The molecule has 0 atom stereocenters. The van der Waals surface area contributed by atoms with Crippen LogP contribution in [-0.4, -0.2) is 5.78 Å². The number of rotatable bonds is 3. The van der Waals surface area contributed by atoms with Gasteiger partial charge in [-0.2, -0.15) is 0 Å². The van der Waals surface area contributed by atoms with Crippen molar-refractivity contribution in [2.24, 2.45) is 0 Å². The molecule has 0 spiro atoms. The Bertz CT molecular complexity index is 377. The Hall–Kier alpha value is -1.37. The third kappa shape index (κ3) is 3.34. The van der Waals surface area contributed by atoms with E-state index in [1.54, 1.807) is 6.08 Å². The molecule has 1 aromatic rings. The number of allylic oxidation sites excluding steroid dienone is 2. The highest BCUT2D eigenvalue weighted by atomic mass is 16.1. The van der Waals surface area contributed by atoms with E-state index in [9.17, 15) is 4.79 Å². The third-order valence-electron chi connectivity index (χ3n) is 2.54. The lowest BCUT2D eigenvalue weighted by atomic mass is 9.86. The van der Waals surface area contributed by atoms with Gasteiger partial charge in [0.25, 0.3) is 0 Å². The molecule has 0 bridgehead atoms. The molecule has 1 nitrogen and oxygen atoms in total. The topological polar surface area (TPSA) is 17.1 Å². The van der Waals surface area contributed by atoms with Gasteiger partial charge in [-0.3, -0.25) is 4.79 Å². The molecule has 0 saturated heterocycles.